The number of aromatic nitrogens is 3. The Morgan fingerprint density at radius 3 is 2.52 bits per heavy atom. The number of carbonyl (C=O) groups excluding carboxylic acids is 1. The van der Waals surface area contributed by atoms with Gasteiger partial charge in [-0.25, -0.2) is 13.9 Å². The fourth-order valence-corrected chi connectivity index (χ4v) is 3.59. The molecule has 0 saturated heterocycles. The molecule has 0 bridgehead atoms. The lowest BCUT2D eigenvalue weighted by Crippen LogP contribution is -2.44. The lowest BCUT2D eigenvalue weighted by molar-refractivity contribution is -0.122. The fraction of sp³-hybridized carbons (Fsp3) is 0.500. The number of carbonyl (C=O) groups is 1. The number of nitrogens with zero attached hydrogens (tertiary/aromatic N) is 3. The van der Waals surface area contributed by atoms with E-state index in [1.165, 1.54) is 29.4 Å². The summed E-state index contributed by atoms with van der Waals surface area (Å²) >= 11 is 0. The molecule has 7 heteroatoms. The van der Waals surface area contributed by atoms with Crippen molar-refractivity contribution in [1.82, 2.24) is 19.7 Å². The summed E-state index contributed by atoms with van der Waals surface area (Å²) in [4.78, 5) is 24.0. The molecular formula is C18H23FN4O2. The molecule has 1 amide bonds. The summed E-state index contributed by atoms with van der Waals surface area (Å²) in [5.74, 6) is -0.499. The van der Waals surface area contributed by atoms with Crippen LogP contribution in [0.15, 0.2) is 35.4 Å². The first kappa shape index (κ1) is 17.4. The summed E-state index contributed by atoms with van der Waals surface area (Å²) in [6.45, 7) is 0.387. The van der Waals surface area contributed by atoms with Crippen LogP contribution in [0.4, 0.5) is 4.39 Å². The van der Waals surface area contributed by atoms with Gasteiger partial charge in [-0.1, -0.05) is 31.4 Å². The molecule has 1 saturated carbocycles. The van der Waals surface area contributed by atoms with E-state index in [4.69, 9.17) is 0 Å². The maximum absolute atomic E-state index is 13.3. The van der Waals surface area contributed by atoms with Crippen LogP contribution in [0.2, 0.25) is 0 Å². The first-order chi connectivity index (χ1) is 12.0. The van der Waals surface area contributed by atoms with Gasteiger partial charge in [0.2, 0.25) is 5.91 Å². The minimum atomic E-state index is -0.318. The van der Waals surface area contributed by atoms with Crippen LogP contribution in [0.5, 0.6) is 0 Å². The van der Waals surface area contributed by atoms with Crippen molar-refractivity contribution in [1.29, 1.82) is 0 Å². The average molecular weight is 346 g/mol. The third-order valence-electron chi connectivity index (χ3n) is 5.07. The van der Waals surface area contributed by atoms with Crippen molar-refractivity contribution in [3.8, 4) is 0 Å². The molecule has 1 aromatic heterocycles. The van der Waals surface area contributed by atoms with Crippen LogP contribution in [0, 0.1) is 5.82 Å². The van der Waals surface area contributed by atoms with Crippen LogP contribution >= 0.6 is 0 Å². The number of halogens is 1. The SMILES string of the molecule is Cn1cnn(CC(=O)NCC2(c3ccc(F)cc3)CCCCC2)c1=O. The Morgan fingerprint density at radius 2 is 1.92 bits per heavy atom. The number of rotatable bonds is 5. The van der Waals surface area contributed by atoms with Gasteiger partial charge in [-0.15, -0.1) is 0 Å². The van der Waals surface area contributed by atoms with Gasteiger partial charge in [0.05, 0.1) is 0 Å². The van der Waals surface area contributed by atoms with Gasteiger partial charge in [0.1, 0.15) is 18.7 Å². The van der Waals surface area contributed by atoms with E-state index in [-0.39, 0.29) is 29.4 Å². The molecule has 1 aliphatic rings. The molecular weight excluding hydrogens is 323 g/mol. The molecule has 134 valence electrons. The molecule has 0 aliphatic heterocycles. The highest BCUT2D eigenvalue weighted by Crippen LogP contribution is 2.39. The van der Waals surface area contributed by atoms with Crippen LogP contribution in [-0.2, 0) is 23.8 Å². The number of nitrogens with one attached hydrogen (secondary N) is 1. The molecule has 2 aromatic rings. The minimum absolute atomic E-state index is 0.0980. The van der Waals surface area contributed by atoms with E-state index in [0.717, 1.165) is 35.9 Å². The van der Waals surface area contributed by atoms with Gasteiger partial charge in [0.25, 0.3) is 0 Å². The predicted octanol–water partition coefficient (Wildman–Crippen LogP) is 1.74. The molecule has 1 aliphatic carbocycles. The maximum atomic E-state index is 13.3. The molecule has 3 rings (SSSR count). The summed E-state index contributed by atoms with van der Waals surface area (Å²) in [7, 11) is 1.59. The number of aryl methyl sites for hydroxylation is 1. The van der Waals surface area contributed by atoms with E-state index in [9.17, 15) is 14.0 Å². The van der Waals surface area contributed by atoms with Crippen molar-refractivity contribution in [2.24, 2.45) is 7.05 Å². The Balaban J connectivity index is 1.70. The van der Waals surface area contributed by atoms with E-state index in [1.807, 2.05) is 12.1 Å². The summed E-state index contributed by atoms with van der Waals surface area (Å²) < 4.78 is 15.7. The third kappa shape index (κ3) is 3.81. The fourth-order valence-electron chi connectivity index (χ4n) is 3.59. The molecule has 0 unspecified atom stereocenters. The zero-order valence-corrected chi connectivity index (χ0v) is 14.4. The summed E-state index contributed by atoms with van der Waals surface area (Å²) in [6.07, 6.45) is 6.67. The van der Waals surface area contributed by atoms with Crippen LogP contribution < -0.4 is 11.0 Å². The zero-order valence-electron chi connectivity index (χ0n) is 14.4. The lowest BCUT2D eigenvalue weighted by atomic mass is 9.69. The molecule has 0 atom stereocenters. The maximum Gasteiger partial charge on any atom is 0.345 e. The van der Waals surface area contributed by atoms with Crippen LogP contribution in [-0.4, -0.2) is 26.8 Å². The van der Waals surface area contributed by atoms with Gasteiger partial charge in [0.15, 0.2) is 0 Å². The Hall–Kier alpha value is -2.44. The highest BCUT2D eigenvalue weighted by Gasteiger charge is 2.34. The van der Waals surface area contributed by atoms with Gasteiger partial charge in [-0.2, -0.15) is 5.10 Å². The molecule has 6 nitrogen and oxygen atoms in total. The van der Waals surface area contributed by atoms with Crippen molar-refractivity contribution in [3.05, 3.63) is 52.5 Å². The largest absolute Gasteiger partial charge is 0.354 e. The Labute approximate surface area is 145 Å². The standard InChI is InChI=1S/C18H23FN4O2/c1-22-13-21-23(17(22)25)11-16(24)20-12-18(9-3-2-4-10-18)14-5-7-15(19)8-6-14/h5-8,13H,2-4,9-12H2,1H3,(H,20,24). The van der Waals surface area contributed by atoms with Crippen molar-refractivity contribution in [3.63, 3.8) is 0 Å². The van der Waals surface area contributed by atoms with Crippen LogP contribution in [0.25, 0.3) is 0 Å². The average Bonchev–Trinajstić information content (AvgIpc) is 2.93. The van der Waals surface area contributed by atoms with Gasteiger partial charge < -0.3 is 5.32 Å². The molecule has 1 heterocycles. The highest BCUT2D eigenvalue weighted by molar-refractivity contribution is 5.75. The normalized spacial score (nSPS) is 16.6. The van der Waals surface area contributed by atoms with Crippen molar-refractivity contribution >= 4 is 5.91 Å². The number of benzene rings is 1. The predicted molar refractivity (Wildman–Crippen MR) is 91.6 cm³/mol. The molecule has 1 fully saturated rings. The monoisotopic (exact) mass is 346 g/mol. The van der Waals surface area contributed by atoms with E-state index in [2.05, 4.69) is 10.4 Å². The Morgan fingerprint density at radius 1 is 1.24 bits per heavy atom. The quantitative estimate of drug-likeness (QED) is 0.897. The van der Waals surface area contributed by atoms with Crippen molar-refractivity contribution in [2.45, 2.75) is 44.1 Å². The van der Waals surface area contributed by atoms with Crippen LogP contribution in [0.3, 0.4) is 0 Å². The lowest BCUT2D eigenvalue weighted by Gasteiger charge is -2.38. The Kier molecular flexibility index (Phi) is 5.01. The van der Waals surface area contributed by atoms with Gasteiger partial charge in [-0.3, -0.25) is 9.36 Å². The second-order valence-corrected chi connectivity index (χ2v) is 6.81. The smallest absolute Gasteiger partial charge is 0.345 e. The summed E-state index contributed by atoms with van der Waals surface area (Å²) in [5, 5.41) is 6.85. The molecule has 0 spiro atoms. The topological polar surface area (TPSA) is 68.9 Å². The number of hydrogen-bond acceptors (Lipinski definition) is 3. The summed E-state index contributed by atoms with van der Waals surface area (Å²) in [5.41, 5.74) is 0.571. The second kappa shape index (κ2) is 7.21. The molecule has 25 heavy (non-hydrogen) atoms. The highest BCUT2D eigenvalue weighted by atomic mass is 19.1. The summed E-state index contributed by atoms with van der Waals surface area (Å²) in [6, 6.07) is 6.58. The van der Waals surface area contributed by atoms with Crippen molar-refractivity contribution < 1.29 is 9.18 Å². The van der Waals surface area contributed by atoms with Crippen molar-refractivity contribution in [2.75, 3.05) is 6.54 Å². The molecule has 1 N–H and O–H groups in total. The number of amides is 1. The van der Waals surface area contributed by atoms with Gasteiger partial charge >= 0.3 is 5.69 Å². The number of hydrogen-bond donors (Lipinski definition) is 1. The van der Waals surface area contributed by atoms with E-state index < -0.39 is 0 Å². The first-order valence-electron chi connectivity index (χ1n) is 8.61. The minimum Gasteiger partial charge on any atom is -0.354 e. The first-order valence-corrected chi connectivity index (χ1v) is 8.61. The van der Waals surface area contributed by atoms with E-state index in [1.54, 1.807) is 7.05 Å². The second-order valence-electron chi connectivity index (χ2n) is 6.81. The van der Waals surface area contributed by atoms with E-state index in [0.29, 0.717) is 6.54 Å². The van der Waals surface area contributed by atoms with E-state index >= 15 is 0 Å². The zero-order chi connectivity index (χ0) is 17.9. The Bertz CT molecular complexity index is 788. The van der Waals surface area contributed by atoms with Gasteiger partial charge in [-0.05, 0) is 30.5 Å². The van der Waals surface area contributed by atoms with Crippen LogP contribution in [0.1, 0.15) is 37.7 Å². The third-order valence-corrected chi connectivity index (χ3v) is 5.07. The van der Waals surface area contributed by atoms with Gasteiger partial charge in [0, 0.05) is 19.0 Å². The molecule has 0 radical (unpaired) electrons. The molecule has 1 aromatic carbocycles.